The summed E-state index contributed by atoms with van der Waals surface area (Å²) in [7, 11) is -3.76. The van der Waals surface area contributed by atoms with E-state index in [1.54, 1.807) is 6.92 Å². The average Bonchev–Trinajstić information content (AvgIpc) is 2.71. The summed E-state index contributed by atoms with van der Waals surface area (Å²) in [4.78, 5) is 27.8. The van der Waals surface area contributed by atoms with Gasteiger partial charge in [0, 0.05) is 31.7 Å². The Labute approximate surface area is 197 Å². The van der Waals surface area contributed by atoms with Crippen LogP contribution in [-0.4, -0.2) is 48.2 Å². The molecule has 0 bridgehead atoms. The summed E-state index contributed by atoms with van der Waals surface area (Å²) in [6.45, 7) is 5.90. The Morgan fingerprint density at radius 3 is 2.48 bits per heavy atom. The van der Waals surface area contributed by atoms with Crippen LogP contribution in [0, 0.1) is 11.7 Å². The van der Waals surface area contributed by atoms with E-state index in [9.17, 15) is 27.5 Å². The molecule has 0 radical (unpaired) electrons. The molecule has 0 spiro atoms. The Kier molecular flexibility index (Phi) is 7.09. The first-order chi connectivity index (χ1) is 15.4. The Morgan fingerprint density at radius 1 is 1.27 bits per heavy atom. The number of hydrogen-bond donors (Lipinski definition) is 1. The van der Waals surface area contributed by atoms with E-state index in [0.717, 1.165) is 10.6 Å². The normalized spacial score (nSPS) is 14.0. The first-order valence-corrected chi connectivity index (χ1v) is 12.8. The maximum Gasteiger partial charge on any atom is 0.295 e. The lowest BCUT2D eigenvalue weighted by molar-refractivity contribution is 0.0722. The molecular formula is C22H27ClFN3O5S. The highest BCUT2D eigenvalue weighted by molar-refractivity contribution is 7.92. The van der Waals surface area contributed by atoms with Gasteiger partial charge in [0.25, 0.3) is 11.5 Å². The third-order valence-corrected chi connectivity index (χ3v) is 7.00. The number of benzene rings is 1. The van der Waals surface area contributed by atoms with Gasteiger partial charge in [0.15, 0.2) is 5.75 Å². The van der Waals surface area contributed by atoms with Gasteiger partial charge in [-0.2, -0.15) is 0 Å². The van der Waals surface area contributed by atoms with Crippen molar-refractivity contribution in [1.82, 2.24) is 9.47 Å². The van der Waals surface area contributed by atoms with E-state index in [0.29, 0.717) is 11.1 Å². The lowest BCUT2D eigenvalue weighted by Crippen LogP contribution is -2.43. The van der Waals surface area contributed by atoms with Crippen molar-refractivity contribution in [3.8, 4) is 5.75 Å². The zero-order valence-corrected chi connectivity index (χ0v) is 20.5. The fourth-order valence-electron chi connectivity index (χ4n) is 4.09. The largest absolute Gasteiger partial charge is 0.502 e. The van der Waals surface area contributed by atoms with Gasteiger partial charge in [0.1, 0.15) is 11.6 Å². The van der Waals surface area contributed by atoms with Gasteiger partial charge in [0.2, 0.25) is 10.0 Å². The number of amides is 1. The summed E-state index contributed by atoms with van der Waals surface area (Å²) in [6.07, 6.45) is 1.26. The van der Waals surface area contributed by atoms with Crippen LogP contribution >= 0.6 is 11.6 Å². The van der Waals surface area contributed by atoms with Crippen LogP contribution in [0.5, 0.6) is 5.75 Å². The zero-order valence-electron chi connectivity index (χ0n) is 18.9. The number of nitrogens with zero attached hydrogens (tertiary/aromatic N) is 3. The van der Waals surface area contributed by atoms with Crippen molar-refractivity contribution in [2.45, 2.75) is 40.3 Å². The Balaban J connectivity index is 2.17. The van der Waals surface area contributed by atoms with E-state index >= 15 is 0 Å². The van der Waals surface area contributed by atoms with Crippen molar-refractivity contribution in [3.05, 3.63) is 56.1 Å². The van der Waals surface area contributed by atoms with Crippen molar-refractivity contribution in [1.29, 1.82) is 0 Å². The van der Waals surface area contributed by atoms with Crippen LogP contribution in [0.15, 0.2) is 23.0 Å². The fourth-order valence-corrected chi connectivity index (χ4v) is 5.29. The molecule has 0 saturated carbocycles. The van der Waals surface area contributed by atoms with Crippen molar-refractivity contribution in [2.75, 3.05) is 23.7 Å². The lowest BCUT2D eigenvalue weighted by Gasteiger charge is -2.34. The van der Waals surface area contributed by atoms with Gasteiger partial charge in [-0.3, -0.25) is 18.5 Å². The number of carbonyl (C=O) groups excluding carboxylic acids is 1. The molecule has 1 N–H and O–H groups in total. The van der Waals surface area contributed by atoms with Gasteiger partial charge in [0.05, 0.1) is 16.8 Å². The molecule has 1 aromatic heterocycles. The molecule has 8 nitrogen and oxygen atoms in total. The third kappa shape index (κ3) is 4.86. The van der Waals surface area contributed by atoms with Gasteiger partial charge in [-0.05, 0) is 37.0 Å². The second-order valence-electron chi connectivity index (χ2n) is 8.49. The molecule has 180 valence electrons. The molecule has 0 saturated heterocycles. The SMILES string of the molecule is CCN(c1c2c(c(O)c(=O)n1CC(C)C)C(=O)N(Cc1ccc(F)c(Cl)c1)CC2)S(C)(=O)=O. The van der Waals surface area contributed by atoms with Gasteiger partial charge in [-0.25, -0.2) is 12.8 Å². The standard InChI is InChI=1S/C22H27ClFN3O5S/c1-5-27(33(4,31)32)20-15-8-9-25(12-14-6-7-17(24)16(23)10-14)21(29)18(15)19(28)22(30)26(20)11-13(2)3/h6-7,10,13,28H,5,8-9,11-12H2,1-4H3. The molecule has 2 aromatic rings. The predicted molar refractivity (Wildman–Crippen MR) is 125 cm³/mol. The molecule has 0 unspecified atom stereocenters. The molecule has 0 atom stereocenters. The second-order valence-corrected chi connectivity index (χ2v) is 10.8. The van der Waals surface area contributed by atoms with E-state index in [4.69, 9.17) is 11.6 Å². The van der Waals surface area contributed by atoms with Gasteiger partial charge in [-0.1, -0.05) is 31.5 Å². The first-order valence-electron chi connectivity index (χ1n) is 10.6. The summed E-state index contributed by atoms with van der Waals surface area (Å²) < 4.78 is 40.9. The molecule has 0 aliphatic carbocycles. The number of pyridine rings is 1. The molecule has 33 heavy (non-hydrogen) atoms. The number of halogens is 2. The highest BCUT2D eigenvalue weighted by atomic mass is 35.5. The molecule has 1 aliphatic heterocycles. The summed E-state index contributed by atoms with van der Waals surface area (Å²) in [5, 5.41) is 10.7. The third-order valence-electron chi connectivity index (χ3n) is 5.47. The second kappa shape index (κ2) is 9.34. The minimum absolute atomic E-state index is 0.0174. The van der Waals surface area contributed by atoms with Crippen LogP contribution in [0.4, 0.5) is 10.2 Å². The van der Waals surface area contributed by atoms with Crippen LogP contribution in [0.2, 0.25) is 5.02 Å². The monoisotopic (exact) mass is 499 g/mol. The maximum absolute atomic E-state index is 13.5. The topological polar surface area (TPSA) is 99.9 Å². The number of carbonyl (C=O) groups is 1. The number of aromatic hydroxyl groups is 1. The molecular weight excluding hydrogens is 473 g/mol. The Bertz CT molecular complexity index is 1260. The molecule has 0 fully saturated rings. The maximum atomic E-state index is 13.5. The Morgan fingerprint density at radius 2 is 1.94 bits per heavy atom. The number of sulfonamides is 1. The van der Waals surface area contributed by atoms with E-state index < -0.39 is 33.1 Å². The number of fused-ring (bicyclic) bond motifs is 1. The molecule has 1 amide bonds. The van der Waals surface area contributed by atoms with Crippen LogP contribution < -0.4 is 9.86 Å². The van der Waals surface area contributed by atoms with Gasteiger partial charge < -0.3 is 10.0 Å². The van der Waals surface area contributed by atoms with Crippen molar-refractivity contribution < 1.29 is 22.7 Å². The van der Waals surface area contributed by atoms with E-state index in [1.165, 1.54) is 27.7 Å². The smallest absolute Gasteiger partial charge is 0.295 e. The quantitative estimate of drug-likeness (QED) is 0.631. The lowest BCUT2D eigenvalue weighted by atomic mass is 9.97. The van der Waals surface area contributed by atoms with Crippen LogP contribution in [0.3, 0.4) is 0 Å². The highest BCUT2D eigenvalue weighted by Crippen LogP contribution is 2.34. The highest BCUT2D eigenvalue weighted by Gasteiger charge is 2.36. The predicted octanol–water partition coefficient (Wildman–Crippen LogP) is 2.99. The molecule has 1 aromatic carbocycles. The van der Waals surface area contributed by atoms with Crippen LogP contribution in [0.25, 0.3) is 0 Å². The fraction of sp³-hybridized carbons (Fsp3) is 0.455. The van der Waals surface area contributed by atoms with Crippen LogP contribution in [0.1, 0.15) is 42.3 Å². The van der Waals surface area contributed by atoms with E-state index in [-0.39, 0.29) is 54.9 Å². The number of hydrogen-bond acceptors (Lipinski definition) is 5. The van der Waals surface area contributed by atoms with Crippen molar-refractivity contribution in [2.24, 2.45) is 5.92 Å². The summed E-state index contributed by atoms with van der Waals surface area (Å²) in [5.41, 5.74) is -0.119. The van der Waals surface area contributed by atoms with Crippen molar-refractivity contribution in [3.63, 3.8) is 0 Å². The number of rotatable bonds is 7. The van der Waals surface area contributed by atoms with Crippen LogP contribution in [-0.2, 0) is 29.5 Å². The summed E-state index contributed by atoms with van der Waals surface area (Å²) in [5.74, 6) is -1.79. The summed E-state index contributed by atoms with van der Waals surface area (Å²) in [6, 6.07) is 4.11. The molecule has 3 rings (SSSR count). The van der Waals surface area contributed by atoms with E-state index in [2.05, 4.69) is 0 Å². The van der Waals surface area contributed by atoms with Gasteiger partial charge >= 0.3 is 0 Å². The number of anilines is 1. The molecule has 1 aliphatic rings. The minimum atomic E-state index is -3.76. The summed E-state index contributed by atoms with van der Waals surface area (Å²) >= 11 is 5.84. The minimum Gasteiger partial charge on any atom is -0.502 e. The molecule has 2 heterocycles. The van der Waals surface area contributed by atoms with Crippen molar-refractivity contribution >= 4 is 33.3 Å². The zero-order chi connectivity index (χ0) is 24.7. The van der Waals surface area contributed by atoms with Gasteiger partial charge in [-0.15, -0.1) is 0 Å². The molecule has 11 heteroatoms. The Hall–Kier alpha value is -2.59. The first kappa shape index (κ1) is 25.0. The van der Waals surface area contributed by atoms with E-state index in [1.807, 2.05) is 13.8 Å². The average molecular weight is 500 g/mol. The number of aromatic nitrogens is 1.